The lowest BCUT2D eigenvalue weighted by Crippen LogP contribution is -2.36. The maximum atomic E-state index is 11.7. The van der Waals surface area contributed by atoms with E-state index >= 15 is 0 Å². The van der Waals surface area contributed by atoms with E-state index in [2.05, 4.69) is 15.6 Å². The van der Waals surface area contributed by atoms with Gasteiger partial charge >= 0.3 is 6.03 Å². The molecule has 1 rings (SSSR count). The number of nitrogens with zero attached hydrogens (tertiary/aromatic N) is 2. The van der Waals surface area contributed by atoms with Gasteiger partial charge in [0.1, 0.15) is 5.82 Å². The van der Waals surface area contributed by atoms with Crippen LogP contribution in [-0.4, -0.2) is 47.4 Å². The van der Waals surface area contributed by atoms with Crippen LogP contribution in [-0.2, 0) is 17.3 Å². The lowest BCUT2D eigenvalue weighted by molar-refractivity contribution is 0.240. The van der Waals surface area contributed by atoms with Crippen LogP contribution in [0.15, 0.2) is 18.2 Å². The molecule has 2 atom stereocenters. The topological polar surface area (TPSA) is 74.3 Å². The Hall–Kier alpha value is -1.63. The minimum atomic E-state index is -0.852. The summed E-state index contributed by atoms with van der Waals surface area (Å²) in [5, 5.41) is 5.60. The van der Waals surface area contributed by atoms with Crippen LogP contribution in [0.4, 0.5) is 10.6 Å². The fraction of sp³-hybridized carbons (Fsp3) is 0.571. The van der Waals surface area contributed by atoms with Crippen LogP contribution < -0.4 is 15.5 Å². The third kappa shape index (κ3) is 6.57. The first-order chi connectivity index (χ1) is 9.90. The molecule has 2 N–H and O–H groups in total. The van der Waals surface area contributed by atoms with E-state index in [1.54, 1.807) is 6.26 Å². The van der Waals surface area contributed by atoms with Crippen LogP contribution >= 0.6 is 0 Å². The van der Waals surface area contributed by atoms with Gasteiger partial charge in [0.15, 0.2) is 0 Å². The Morgan fingerprint density at radius 2 is 2.10 bits per heavy atom. The highest BCUT2D eigenvalue weighted by Crippen LogP contribution is 2.07. The maximum Gasteiger partial charge on any atom is 0.315 e. The molecule has 0 radical (unpaired) electrons. The first-order valence-corrected chi connectivity index (χ1v) is 8.49. The largest absolute Gasteiger partial charge is 0.363 e. The SMILES string of the molecule is CC(CCNC(=O)NCc1cccc(N(C)C)n1)S(C)=O. The predicted molar refractivity (Wildman–Crippen MR) is 86.9 cm³/mol. The van der Waals surface area contributed by atoms with E-state index < -0.39 is 10.8 Å². The summed E-state index contributed by atoms with van der Waals surface area (Å²) >= 11 is 0. The standard InChI is InChI=1S/C14H24N4O2S/c1-11(21(4)20)8-9-15-14(19)16-10-12-6-5-7-13(17-12)18(2)3/h5-7,11H,8-10H2,1-4H3,(H2,15,16,19). The van der Waals surface area contributed by atoms with Crippen LogP contribution in [0.2, 0.25) is 0 Å². The van der Waals surface area contributed by atoms with Gasteiger partial charge in [0.2, 0.25) is 0 Å². The second-order valence-corrected chi connectivity index (χ2v) is 6.89. The van der Waals surface area contributed by atoms with Gasteiger partial charge in [-0.25, -0.2) is 9.78 Å². The molecular formula is C14H24N4O2S. The fourth-order valence-electron chi connectivity index (χ4n) is 1.60. The highest BCUT2D eigenvalue weighted by atomic mass is 32.2. The third-order valence-electron chi connectivity index (χ3n) is 3.08. The monoisotopic (exact) mass is 312 g/mol. The van der Waals surface area contributed by atoms with Gasteiger partial charge in [-0.2, -0.15) is 0 Å². The van der Waals surface area contributed by atoms with E-state index in [9.17, 15) is 9.00 Å². The van der Waals surface area contributed by atoms with Crippen molar-refractivity contribution in [2.45, 2.75) is 25.1 Å². The van der Waals surface area contributed by atoms with Gasteiger partial charge in [-0.15, -0.1) is 0 Å². The summed E-state index contributed by atoms with van der Waals surface area (Å²) in [5.41, 5.74) is 0.805. The van der Waals surface area contributed by atoms with E-state index in [-0.39, 0.29) is 11.3 Å². The van der Waals surface area contributed by atoms with E-state index in [0.29, 0.717) is 19.5 Å². The number of hydrogen-bond acceptors (Lipinski definition) is 4. The third-order valence-corrected chi connectivity index (χ3v) is 4.45. The Morgan fingerprint density at radius 1 is 1.38 bits per heavy atom. The van der Waals surface area contributed by atoms with E-state index in [1.807, 2.05) is 44.1 Å². The molecule has 0 saturated heterocycles. The van der Waals surface area contributed by atoms with Crippen LogP contribution in [0, 0.1) is 0 Å². The number of carbonyl (C=O) groups is 1. The molecule has 1 heterocycles. The van der Waals surface area contributed by atoms with Gasteiger partial charge in [0.25, 0.3) is 0 Å². The van der Waals surface area contributed by atoms with Gasteiger partial charge < -0.3 is 15.5 Å². The average molecular weight is 312 g/mol. The van der Waals surface area contributed by atoms with Gasteiger partial charge in [0, 0.05) is 42.9 Å². The quantitative estimate of drug-likeness (QED) is 0.791. The van der Waals surface area contributed by atoms with Crippen molar-refractivity contribution in [1.82, 2.24) is 15.6 Å². The molecule has 0 saturated carbocycles. The summed E-state index contributed by atoms with van der Waals surface area (Å²) in [7, 11) is 2.99. The Labute approximate surface area is 128 Å². The molecule has 1 aromatic rings. The Balaban J connectivity index is 2.33. The number of rotatable bonds is 7. The number of urea groups is 1. The number of anilines is 1. The van der Waals surface area contributed by atoms with Crippen LogP contribution in [0.25, 0.3) is 0 Å². The number of amides is 2. The molecule has 21 heavy (non-hydrogen) atoms. The molecule has 0 bridgehead atoms. The molecule has 0 aliphatic rings. The summed E-state index contributed by atoms with van der Waals surface area (Å²) in [4.78, 5) is 18.0. The molecular weight excluding hydrogens is 288 g/mol. The Bertz CT molecular complexity index is 494. The number of hydrogen-bond donors (Lipinski definition) is 2. The number of nitrogens with one attached hydrogen (secondary N) is 2. The zero-order valence-electron chi connectivity index (χ0n) is 13.0. The zero-order chi connectivity index (χ0) is 15.8. The van der Waals surface area contributed by atoms with Crippen LogP contribution in [0.1, 0.15) is 19.0 Å². The van der Waals surface area contributed by atoms with E-state index in [4.69, 9.17) is 0 Å². The predicted octanol–water partition coefficient (Wildman–Crippen LogP) is 1.10. The zero-order valence-corrected chi connectivity index (χ0v) is 13.9. The Kier molecular flexibility index (Phi) is 7.14. The first-order valence-electron chi connectivity index (χ1n) is 6.87. The summed E-state index contributed by atoms with van der Waals surface area (Å²) in [6, 6.07) is 5.46. The van der Waals surface area contributed by atoms with Gasteiger partial charge in [0.05, 0.1) is 12.2 Å². The summed E-state index contributed by atoms with van der Waals surface area (Å²) in [5.74, 6) is 0.856. The minimum absolute atomic E-state index is 0.0868. The Morgan fingerprint density at radius 3 is 2.71 bits per heavy atom. The van der Waals surface area contributed by atoms with Crippen LogP contribution in [0.5, 0.6) is 0 Å². The van der Waals surface area contributed by atoms with Crippen molar-refractivity contribution in [2.75, 3.05) is 31.8 Å². The van der Waals surface area contributed by atoms with Crippen molar-refractivity contribution < 1.29 is 9.00 Å². The van der Waals surface area contributed by atoms with Crippen molar-refractivity contribution in [3.8, 4) is 0 Å². The second-order valence-electron chi connectivity index (χ2n) is 5.09. The second kappa shape index (κ2) is 8.61. The van der Waals surface area contributed by atoms with Gasteiger partial charge in [-0.1, -0.05) is 13.0 Å². The molecule has 2 amide bonds. The smallest absolute Gasteiger partial charge is 0.315 e. The highest BCUT2D eigenvalue weighted by Gasteiger charge is 2.07. The highest BCUT2D eigenvalue weighted by molar-refractivity contribution is 7.84. The summed E-state index contributed by atoms with van der Waals surface area (Å²) in [6.45, 7) is 2.80. The van der Waals surface area contributed by atoms with E-state index in [1.165, 1.54) is 0 Å². The number of aromatic nitrogens is 1. The normalized spacial score (nSPS) is 13.3. The molecule has 118 valence electrons. The molecule has 6 nitrogen and oxygen atoms in total. The lowest BCUT2D eigenvalue weighted by Gasteiger charge is -2.13. The molecule has 0 fully saturated rings. The molecule has 0 aromatic carbocycles. The summed E-state index contributed by atoms with van der Waals surface area (Å²) < 4.78 is 11.2. The molecule has 2 unspecified atom stereocenters. The fourth-order valence-corrected chi connectivity index (χ4v) is 2.05. The number of carbonyl (C=O) groups excluding carboxylic acids is 1. The van der Waals surface area contributed by atoms with Crippen molar-refractivity contribution in [1.29, 1.82) is 0 Å². The maximum absolute atomic E-state index is 11.7. The molecule has 1 aromatic heterocycles. The molecule has 0 aliphatic heterocycles. The minimum Gasteiger partial charge on any atom is -0.363 e. The number of pyridine rings is 1. The molecule has 0 spiro atoms. The van der Waals surface area contributed by atoms with Gasteiger partial charge in [-0.3, -0.25) is 4.21 Å². The van der Waals surface area contributed by atoms with Gasteiger partial charge in [-0.05, 0) is 18.6 Å². The van der Waals surface area contributed by atoms with E-state index in [0.717, 1.165) is 11.5 Å². The summed E-state index contributed by atoms with van der Waals surface area (Å²) in [6.07, 6.45) is 2.37. The van der Waals surface area contributed by atoms with Crippen molar-refractivity contribution in [3.63, 3.8) is 0 Å². The first kappa shape index (κ1) is 17.4. The van der Waals surface area contributed by atoms with Crippen molar-refractivity contribution in [2.24, 2.45) is 0 Å². The van der Waals surface area contributed by atoms with Crippen molar-refractivity contribution >= 4 is 22.6 Å². The van der Waals surface area contributed by atoms with Crippen molar-refractivity contribution in [3.05, 3.63) is 23.9 Å². The molecule has 7 heteroatoms. The molecule has 0 aliphatic carbocycles. The lowest BCUT2D eigenvalue weighted by atomic mass is 10.3. The average Bonchev–Trinajstić information content (AvgIpc) is 2.45. The van der Waals surface area contributed by atoms with Crippen LogP contribution in [0.3, 0.4) is 0 Å².